The van der Waals surface area contributed by atoms with Crippen LogP contribution >= 0.6 is 0 Å². The summed E-state index contributed by atoms with van der Waals surface area (Å²) in [7, 11) is 2.15. The third kappa shape index (κ3) is 3.33. The summed E-state index contributed by atoms with van der Waals surface area (Å²) in [6.45, 7) is 6.79. The van der Waals surface area contributed by atoms with Crippen molar-refractivity contribution in [1.82, 2.24) is 4.57 Å². The van der Waals surface area contributed by atoms with Crippen LogP contribution in [-0.4, -0.2) is 4.57 Å². The van der Waals surface area contributed by atoms with Gasteiger partial charge < -0.3 is 4.57 Å². The fourth-order valence-corrected chi connectivity index (χ4v) is 4.79. The van der Waals surface area contributed by atoms with Crippen molar-refractivity contribution in [2.75, 3.05) is 0 Å². The van der Waals surface area contributed by atoms with Crippen molar-refractivity contribution >= 4 is 10.9 Å². The molecule has 2 heterocycles. The second-order valence-electron chi connectivity index (χ2n) is 8.82. The van der Waals surface area contributed by atoms with Gasteiger partial charge in [-0.05, 0) is 47.7 Å². The van der Waals surface area contributed by atoms with Gasteiger partial charge in [0.1, 0.15) is 12.7 Å². The van der Waals surface area contributed by atoms with E-state index in [0.717, 1.165) is 0 Å². The summed E-state index contributed by atoms with van der Waals surface area (Å²) < 4.78 is 4.72. The minimum Gasteiger partial charge on any atom is -0.304 e. The van der Waals surface area contributed by atoms with Crippen LogP contribution < -0.4 is 4.57 Å². The fraction of sp³-hybridized carbons (Fsp3) is 0.167. The maximum Gasteiger partial charge on any atom is 0.229 e. The summed E-state index contributed by atoms with van der Waals surface area (Å²) in [5.74, 6) is 0.440. The number of fused-ring (bicyclic) bond motifs is 1. The molecule has 0 saturated heterocycles. The molecule has 2 aromatic heterocycles. The largest absolute Gasteiger partial charge is 0.304 e. The highest BCUT2D eigenvalue weighted by molar-refractivity contribution is 5.92. The lowest BCUT2D eigenvalue weighted by Crippen LogP contribution is -2.31. The highest BCUT2D eigenvalue weighted by atomic mass is 15.0. The van der Waals surface area contributed by atoms with E-state index in [0.29, 0.717) is 5.92 Å². The molecule has 5 rings (SSSR count). The van der Waals surface area contributed by atoms with Gasteiger partial charge in [-0.1, -0.05) is 80.6 Å². The molecule has 158 valence electrons. The number of para-hydroxylation sites is 2. The van der Waals surface area contributed by atoms with Crippen molar-refractivity contribution in [3.8, 4) is 28.2 Å². The molecule has 0 bridgehead atoms. The molecular weight excluding hydrogens is 388 g/mol. The Morgan fingerprint density at radius 3 is 2.16 bits per heavy atom. The summed E-state index contributed by atoms with van der Waals surface area (Å²) in [5, 5.41) is 1.30. The average molecular weight is 418 g/mol. The minimum absolute atomic E-state index is 0.440. The van der Waals surface area contributed by atoms with E-state index in [1.165, 1.54) is 50.2 Å². The Kier molecular flexibility index (Phi) is 5.14. The smallest absolute Gasteiger partial charge is 0.229 e. The van der Waals surface area contributed by atoms with E-state index < -0.39 is 0 Å². The first-order chi connectivity index (χ1) is 15.6. The van der Waals surface area contributed by atoms with Crippen LogP contribution in [0.5, 0.6) is 0 Å². The highest BCUT2D eigenvalue weighted by Crippen LogP contribution is 2.37. The summed E-state index contributed by atoms with van der Waals surface area (Å²) in [6.07, 6.45) is 2.24. The van der Waals surface area contributed by atoms with Crippen molar-refractivity contribution < 1.29 is 4.57 Å². The zero-order chi connectivity index (χ0) is 22.2. The molecule has 3 aromatic carbocycles. The summed E-state index contributed by atoms with van der Waals surface area (Å²) >= 11 is 0. The van der Waals surface area contributed by atoms with E-state index in [2.05, 4.69) is 134 Å². The van der Waals surface area contributed by atoms with Crippen LogP contribution in [0.3, 0.4) is 0 Å². The molecule has 0 aliphatic heterocycles. The van der Waals surface area contributed by atoms with Crippen molar-refractivity contribution in [2.45, 2.75) is 26.7 Å². The molecule has 0 fully saturated rings. The maximum atomic E-state index is 2.46. The lowest BCUT2D eigenvalue weighted by atomic mass is 10.0. The second-order valence-corrected chi connectivity index (χ2v) is 8.82. The van der Waals surface area contributed by atoms with E-state index >= 15 is 0 Å². The molecule has 0 aliphatic carbocycles. The summed E-state index contributed by atoms with van der Waals surface area (Å²) in [5.41, 5.74) is 10.1. The normalized spacial score (nSPS) is 11.4. The number of aromatic nitrogens is 2. The Labute approximate surface area is 190 Å². The third-order valence-electron chi connectivity index (χ3n) is 6.41. The zero-order valence-electron chi connectivity index (χ0n) is 19.2. The molecule has 0 atom stereocenters. The van der Waals surface area contributed by atoms with Crippen LogP contribution in [0.15, 0.2) is 97.2 Å². The first kappa shape index (κ1) is 20.3. The molecule has 2 heteroatoms. The predicted octanol–water partition coefficient (Wildman–Crippen LogP) is 7.22. The van der Waals surface area contributed by atoms with Gasteiger partial charge in [0.15, 0.2) is 6.20 Å². The Hall–Kier alpha value is -3.65. The van der Waals surface area contributed by atoms with Gasteiger partial charge in [-0.3, -0.25) is 0 Å². The summed E-state index contributed by atoms with van der Waals surface area (Å²) in [4.78, 5) is 0. The van der Waals surface area contributed by atoms with Gasteiger partial charge in [-0.2, -0.15) is 4.57 Å². The molecule has 0 unspecified atom stereocenters. The molecule has 0 radical (unpaired) electrons. The zero-order valence-corrected chi connectivity index (χ0v) is 19.2. The monoisotopic (exact) mass is 417 g/mol. The number of nitrogens with zero attached hydrogens (tertiary/aromatic N) is 2. The number of hydrogen-bond acceptors (Lipinski definition) is 0. The molecule has 0 N–H and O–H groups in total. The number of pyridine rings is 1. The molecule has 0 amide bonds. The lowest BCUT2D eigenvalue weighted by molar-refractivity contribution is -0.660. The van der Waals surface area contributed by atoms with Gasteiger partial charge in [0.05, 0.1) is 5.52 Å². The number of aryl methyl sites for hydroxylation is 2. The van der Waals surface area contributed by atoms with Gasteiger partial charge in [0.2, 0.25) is 5.69 Å². The molecule has 0 spiro atoms. The van der Waals surface area contributed by atoms with Crippen LogP contribution in [0.4, 0.5) is 0 Å². The van der Waals surface area contributed by atoms with Crippen molar-refractivity contribution in [1.29, 1.82) is 0 Å². The minimum atomic E-state index is 0.440. The first-order valence-electron chi connectivity index (χ1n) is 11.3. The van der Waals surface area contributed by atoms with Crippen LogP contribution in [0, 0.1) is 6.92 Å². The Bertz CT molecular complexity index is 1410. The summed E-state index contributed by atoms with van der Waals surface area (Å²) in [6, 6.07) is 32.6. The van der Waals surface area contributed by atoms with Crippen LogP contribution in [-0.2, 0) is 7.05 Å². The van der Waals surface area contributed by atoms with Gasteiger partial charge >= 0.3 is 0 Å². The number of rotatable bonds is 4. The fourth-order valence-electron chi connectivity index (χ4n) is 4.79. The Balaban J connectivity index is 1.80. The van der Waals surface area contributed by atoms with Crippen LogP contribution in [0.25, 0.3) is 39.1 Å². The highest BCUT2D eigenvalue weighted by Gasteiger charge is 2.24. The van der Waals surface area contributed by atoms with E-state index in [-0.39, 0.29) is 0 Å². The van der Waals surface area contributed by atoms with Gasteiger partial charge in [-0.25, -0.2) is 0 Å². The van der Waals surface area contributed by atoms with Gasteiger partial charge in [0, 0.05) is 22.7 Å². The lowest BCUT2D eigenvalue weighted by Gasteiger charge is -2.17. The average Bonchev–Trinajstić information content (AvgIpc) is 3.12. The Morgan fingerprint density at radius 1 is 0.719 bits per heavy atom. The maximum absolute atomic E-state index is 2.46. The first-order valence-corrected chi connectivity index (χ1v) is 11.3. The predicted molar refractivity (Wildman–Crippen MR) is 134 cm³/mol. The second kappa shape index (κ2) is 8.12. The SMILES string of the molecule is Cc1c(-c2ccc(-c3ccccc3)c[n+]2C)n(-c2ccccc2C(C)C)c2ccccc12. The van der Waals surface area contributed by atoms with Crippen LogP contribution in [0.1, 0.15) is 30.9 Å². The standard InChI is InChI=1S/C30H29N2/c1-21(2)25-14-8-10-16-27(25)32-28-17-11-9-15-26(28)22(3)30(32)29-19-18-24(20-31(29)4)23-12-6-5-7-13-23/h5-21H,1-4H3/q+1. The molecular formula is C30H29N2+. The molecule has 32 heavy (non-hydrogen) atoms. The number of hydrogen-bond donors (Lipinski definition) is 0. The van der Waals surface area contributed by atoms with E-state index in [4.69, 9.17) is 0 Å². The third-order valence-corrected chi connectivity index (χ3v) is 6.41. The van der Waals surface area contributed by atoms with Gasteiger partial charge in [0.25, 0.3) is 0 Å². The van der Waals surface area contributed by atoms with E-state index in [9.17, 15) is 0 Å². The van der Waals surface area contributed by atoms with Crippen molar-refractivity contribution in [3.63, 3.8) is 0 Å². The van der Waals surface area contributed by atoms with E-state index in [1.54, 1.807) is 0 Å². The molecule has 0 aliphatic rings. The molecule has 5 aromatic rings. The molecule has 2 nitrogen and oxygen atoms in total. The van der Waals surface area contributed by atoms with Crippen molar-refractivity contribution in [3.05, 3.63) is 108 Å². The van der Waals surface area contributed by atoms with Gasteiger partial charge in [-0.15, -0.1) is 0 Å². The van der Waals surface area contributed by atoms with E-state index in [1.807, 2.05) is 0 Å². The topological polar surface area (TPSA) is 8.81 Å². The molecule has 0 saturated carbocycles. The van der Waals surface area contributed by atoms with Crippen LogP contribution in [0.2, 0.25) is 0 Å². The van der Waals surface area contributed by atoms with Crippen molar-refractivity contribution in [2.24, 2.45) is 7.05 Å². The number of benzene rings is 3. The Morgan fingerprint density at radius 2 is 1.41 bits per heavy atom. The quantitative estimate of drug-likeness (QED) is 0.273.